The number of carboxylic acid groups (broad SMARTS) is 1. The number of amides is 1. The molecule has 1 N–H and O–H groups in total. The normalized spacial score (nSPS) is 18.4. The highest BCUT2D eigenvalue weighted by atomic mass is 32.2. The molecule has 27 heavy (non-hydrogen) atoms. The molecule has 1 heterocycles. The summed E-state index contributed by atoms with van der Waals surface area (Å²) in [5.74, 6) is -1.29. The van der Waals surface area contributed by atoms with Crippen LogP contribution in [0.15, 0.2) is 47.1 Å². The number of carboxylic acids is 1. The van der Waals surface area contributed by atoms with Gasteiger partial charge in [0.15, 0.2) is 5.17 Å². The topological polar surface area (TPSA) is 85.6 Å². The van der Waals surface area contributed by atoms with Gasteiger partial charge in [-0.2, -0.15) is 5.10 Å². The standard InChI is InChI=1S/C19H24N4O3S/c1-4-11-23-18(26)16(12-17(24)25)27-19(23)21-20-13-14-7-9-15(10-8-14)22(5-2)6-3/h4,7-10,13,16H,1,5-6,11-12H2,2-3H3,(H,24,25)/b20-13-,21-19-/t16-/m1/s1. The first kappa shape index (κ1) is 20.7. The zero-order chi connectivity index (χ0) is 19.8. The minimum absolute atomic E-state index is 0.243. The quantitative estimate of drug-likeness (QED) is 0.399. The van der Waals surface area contributed by atoms with Gasteiger partial charge in [-0.15, -0.1) is 11.7 Å². The van der Waals surface area contributed by atoms with E-state index in [1.54, 1.807) is 12.3 Å². The number of amidine groups is 1. The molecule has 0 aliphatic carbocycles. The van der Waals surface area contributed by atoms with Gasteiger partial charge in [-0.1, -0.05) is 30.0 Å². The Balaban J connectivity index is 2.11. The number of hydrogen-bond acceptors (Lipinski definition) is 6. The van der Waals surface area contributed by atoms with Gasteiger partial charge in [0.2, 0.25) is 5.91 Å². The molecule has 1 fully saturated rings. The molecule has 0 spiro atoms. The zero-order valence-corrected chi connectivity index (χ0v) is 16.4. The molecule has 0 aromatic heterocycles. The molecule has 144 valence electrons. The third kappa shape index (κ3) is 5.43. The Morgan fingerprint density at radius 1 is 1.33 bits per heavy atom. The molecule has 7 nitrogen and oxygen atoms in total. The Bertz CT molecular complexity index is 742. The molecule has 1 aromatic rings. The predicted molar refractivity (Wildman–Crippen MR) is 111 cm³/mol. The van der Waals surface area contributed by atoms with Crippen LogP contribution in [0.4, 0.5) is 5.69 Å². The molecule has 0 saturated carbocycles. The first-order chi connectivity index (χ1) is 13.0. The molecule has 1 aliphatic heterocycles. The van der Waals surface area contributed by atoms with Gasteiger partial charge in [-0.25, -0.2) is 0 Å². The molecule has 1 atom stereocenters. The van der Waals surface area contributed by atoms with E-state index in [4.69, 9.17) is 5.11 Å². The summed E-state index contributed by atoms with van der Waals surface area (Å²) in [4.78, 5) is 26.9. The van der Waals surface area contributed by atoms with E-state index < -0.39 is 11.2 Å². The summed E-state index contributed by atoms with van der Waals surface area (Å²) in [5.41, 5.74) is 2.04. The SMILES string of the molecule is C=CCN1C(=O)[C@@H](CC(=O)O)S/C1=N\N=C/c1ccc(N(CC)CC)cc1. The van der Waals surface area contributed by atoms with Gasteiger partial charge in [0.25, 0.3) is 0 Å². The lowest BCUT2D eigenvalue weighted by atomic mass is 10.2. The number of rotatable bonds is 9. The highest BCUT2D eigenvalue weighted by Crippen LogP contribution is 2.29. The fourth-order valence-corrected chi connectivity index (χ4v) is 3.77. The number of anilines is 1. The number of carbonyl (C=O) groups excluding carboxylic acids is 1. The van der Waals surface area contributed by atoms with E-state index in [2.05, 4.69) is 35.5 Å². The molecule has 8 heteroatoms. The predicted octanol–water partition coefficient (Wildman–Crippen LogP) is 2.83. The van der Waals surface area contributed by atoms with Crippen LogP contribution >= 0.6 is 11.8 Å². The van der Waals surface area contributed by atoms with Crippen molar-refractivity contribution in [2.45, 2.75) is 25.5 Å². The highest BCUT2D eigenvalue weighted by Gasteiger charge is 2.38. The monoisotopic (exact) mass is 388 g/mol. The van der Waals surface area contributed by atoms with Crippen LogP contribution in [0, 0.1) is 0 Å². The molecule has 0 bridgehead atoms. The molecular formula is C19H24N4O3S. The van der Waals surface area contributed by atoms with Crippen LogP contribution in [0.1, 0.15) is 25.8 Å². The lowest BCUT2D eigenvalue weighted by molar-refractivity contribution is -0.139. The number of carbonyl (C=O) groups is 2. The third-order valence-electron chi connectivity index (χ3n) is 4.06. The summed E-state index contributed by atoms with van der Waals surface area (Å²) in [6.07, 6.45) is 2.94. The van der Waals surface area contributed by atoms with Gasteiger partial charge in [0.05, 0.1) is 12.6 Å². The second kappa shape index (κ2) is 9.91. The van der Waals surface area contributed by atoms with E-state index in [1.807, 2.05) is 24.3 Å². The Kier molecular flexibility index (Phi) is 7.60. The van der Waals surface area contributed by atoms with Gasteiger partial charge in [0.1, 0.15) is 5.25 Å². The first-order valence-electron chi connectivity index (χ1n) is 8.76. The van der Waals surface area contributed by atoms with Crippen molar-refractivity contribution in [2.75, 3.05) is 24.5 Å². The van der Waals surface area contributed by atoms with Gasteiger partial charge in [-0.3, -0.25) is 14.5 Å². The molecular weight excluding hydrogens is 364 g/mol. The van der Waals surface area contributed by atoms with E-state index in [0.29, 0.717) is 5.17 Å². The van der Waals surface area contributed by atoms with Gasteiger partial charge < -0.3 is 10.0 Å². The van der Waals surface area contributed by atoms with E-state index >= 15 is 0 Å². The summed E-state index contributed by atoms with van der Waals surface area (Å²) in [6, 6.07) is 7.97. The summed E-state index contributed by atoms with van der Waals surface area (Å²) < 4.78 is 0. The minimum Gasteiger partial charge on any atom is -0.481 e. The van der Waals surface area contributed by atoms with Gasteiger partial charge >= 0.3 is 5.97 Å². The summed E-state index contributed by atoms with van der Waals surface area (Å²) in [5, 5.41) is 16.8. The van der Waals surface area contributed by atoms with Crippen molar-refractivity contribution < 1.29 is 14.7 Å². The molecule has 1 amide bonds. The molecule has 1 aromatic carbocycles. The van der Waals surface area contributed by atoms with Gasteiger partial charge in [0, 0.05) is 25.3 Å². The van der Waals surface area contributed by atoms with Crippen molar-refractivity contribution in [2.24, 2.45) is 10.2 Å². The maximum atomic E-state index is 12.3. The van der Waals surface area contributed by atoms with Crippen LogP contribution in [0.2, 0.25) is 0 Å². The molecule has 2 rings (SSSR count). The number of benzene rings is 1. The largest absolute Gasteiger partial charge is 0.481 e. The fraction of sp³-hybridized carbons (Fsp3) is 0.368. The van der Waals surface area contributed by atoms with Crippen molar-refractivity contribution in [3.8, 4) is 0 Å². The van der Waals surface area contributed by atoms with E-state index in [0.717, 1.165) is 36.1 Å². The van der Waals surface area contributed by atoms with Crippen molar-refractivity contribution in [1.29, 1.82) is 0 Å². The van der Waals surface area contributed by atoms with Gasteiger partial charge in [-0.05, 0) is 31.5 Å². The lowest BCUT2D eigenvalue weighted by Crippen LogP contribution is -2.32. The summed E-state index contributed by atoms with van der Waals surface area (Å²) >= 11 is 1.12. The van der Waals surface area contributed by atoms with Crippen LogP contribution < -0.4 is 4.90 Å². The second-order valence-electron chi connectivity index (χ2n) is 5.83. The average molecular weight is 388 g/mol. The molecule has 1 aliphatic rings. The molecule has 1 saturated heterocycles. The lowest BCUT2D eigenvalue weighted by Gasteiger charge is -2.20. The first-order valence-corrected chi connectivity index (χ1v) is 9.64. The zero-order valence-electron chi connectivity index (χ0n) is 15.5. The van der Waals surface area contributed by atoms with E-state index in [1.165, 1.54) is 4.90 Å². The Labute approximate surface area is 163 Å². The minimum atomic E-state index is -1.02. The van der Waals surface area contributed by atoms with Crippen LogP contribution in [0.5, 0.6) is 0 Å². The summed E-state index contributed by atoms with van der Waals surface area (Å²) in [7, 11) is 0. The highest BCUT2D eigenvalue weighted by molar-refractivity contribution is 8.15. The van der Waals surface area contributed by atoms with E-state index in [-0.39, 0.29) is 18.9 Å². The van der Waals surface area contributed by atoms with Crippen molar-refractivity contribution in [1.82, 2.24) is 4.90 Å². The number of aliphatic carboxylic acids is 1. The number of hydrogen-bond donors (Lipinski definition) is 1. The molecule has 0 radical (unpaired) electrons. The van der Waals surface area contributed by atoms with Crippen LogP contribution in [-0.4, -0.2) is 58.1 Å². The van der Waals surface area contributed by atoms with Crippen LogP contribution in [0.3, 0.4) is 0 Å². The Morgan fingerprint density at radius 3 is 2.56 bits per heavy atom. The Hall–Kier alpha value is -2.61. The van der Waals surface area contributed by atoms with E-state index in [9.17, 15) is 9.59 Å². The smallest absolute Gasteiger partial charge is 0.305 e. The van der Waals surface area contributed by atoms with Crippen LogP contribution in [0.25, 0.3) is 0 Å². The second-order valence-corrected chi connectivity index (χ2v) is 7.00. The van der Waals surface area contributed by atoms with Crippen molar-refractivity contribution >= 4 is 40.7 Å². The van der Waals surface area contributed by atoms with Crippen molar-refractivity contribution in [3.05, 3.63) is 42.5 Å². The van der Waals surface area contributed by atoms with Crippen LogP contribution in [-0.2, 0) is 9.59 Å². The number of thioether (sulfide) groups is 1. The van der Waals surface area contributed by atoms with Crippen molar-refractivity contribution in [3.63, 3.8) is 0 Å². The maximum absolute atomic E-state index is 12.3. The molecule has 0 unspecified atom stereocenters. The Morgan fingerprint density at radius 2 is 2.00 bits per heavy atom. The fourth-order valence-electron chi connectivity index (χ4n) is 2.68. The average Bonchev–Trinajstić information content (AvgIpc) is 2.93. The number of nitrogens with zero attached hydrogens (tertiary/aromatic N) is 4. The summed E-state index contributed by atoms with van der Waals surface area (Å²) in [6.45, 7) is 10.0. The maximum Gasteiger partial charge on any atom is 0.305 e. The third-order valence-corrected chi connectivity index (χ3v) is 5.23.